The van der Waals surface area contributed by atoms with Crippen molar-refractivity contribution >= 4 is 38.4 Å². The number of amides is 1. The van der Waals surface area contributed by atoms with Crippen LogP contribution in [0.3, 0.4) is 0 Å². The van der Waals surface area contributed by atoms with Crippen molar-refractivity contribution in [2.75, 3.05) is 23.5 Å². The van der Waals surface area contributed by atoms with E-state index in [9.17, 15) is 13.2 Å². The highest BCUT2D eigenvalue weighted by molar-refractivity contribution is 8.16. The number of hydrogen-bond donors (Lipinski definition) is 0. The molecule has 2 aromatic rings. The molecule has 29 heavy (non-hydrogen) atoms. The summed E-state index contributed by atoms with van der Waals surface area (Å²) in [6.07, 6.45) is 0.184. The van der Waals surface area contributed by atoms with Crippen LogP contribution in [0, 0.1) is 6.92 Å². The number of rotatable bonds is 4. The van der Waals surface area contributed by atoms with E-state index in [-0.39, 0.29) is 35.1 Å². The molecule has 0 N–H and O–H groups in total. The molecule has 0 saturated carbocycles. The van der Waals surface area contributed by atoms with E-state index in [0.29, 0.717) is 5.17 Å². The number of benzene rings is 2. The number of ether oxygens (including phenoxy) is 1. The van der Waals surface area contributed by atoms with E-state index in [1.165, 1.54) is 11.8 Å². The minimum atomic E-state index is -3.08. The van der Waals surface area contributed by atoms with Gasteiger partial charge < -0.3 is 9.64 Å². The Bertz CT molecular complexity index is 1060. The van der Waals surface area contributed by atoms with Gasteiger partial charge in [-0.1, -0.05) is 36.0 Å². The smallest absolute Gasteiger partial charge is 0.252 e. The van der Waals surface area contributed by atoms with E-state index >= 15 is 0 Å². The monoisotopic (exact) mass is 430 g/mol. The van der Waals surface area contributed by atoms with Crippen molar-refractivity contribution in [2.45, 2.75) is 24.6 Å². The van der Waals surface area contributed by atoms with Crippen molar-refractivity contribution in [3.05, 3.63) is 59.7 Å². The first-order chi connectivity index (χ1) is 13.8. The van der Waals surface area contributed by atoms with E-state index in [1.54, 1.807) is 7.11 Å². The highest BCUT2D eigenvalue weighted by atomic mass is 32.2. The summed E-state index contributed by atoms with van der Waals surface area (Å²) in [5.74, 6) is 0.692. The molecule has 2 atom stereocenters. The van der Waals surface area contributed by atoms with Crippen LogP contribution in [0.15, 0.2) is 53.5 Å². The standard InChI is InChI=1S/C21H22N2O4S2/c1-14-4-3-5-16(10-14)23-18-12-29(25,26)13-19(18)28-21(23)22-20(24)11-15-6-8-17(27-2)9-7-15/h3-10,18-19H,11-13H2,1-2H3/t18-,19-/m0/s1. The predicted octanol–water partition coefficient (Wildman–Crippen LogP) is 2.85. The van der Waals surface area contributed by atoms with Gasteiger partial charge in [0, 0.05) is 10.9 Å². The lowest BCUT2D eigenvalue weighted by Crippen LogP contribution is -2.37. The highest BCUT2D eigenvalue weighted by Gasteiger charge is 2.49. The summed E-state index contributed by atoms with van der Waals surface area (Å²) in [6.45, 7) is 1.99. The Morgan fingerprint density at radius 3 is 2.66 bits per heavy atom. The zero-order valence-electron chi connectivity index (χ0n) is 16.2. The molecule has 4 rings (SSSR count). The molecule has 0 bridgehead atoms. The van der Waals surface area contributed by atoms with Gasteiger partial charge in [0.15, 0.2) is 15.0 Å². The third kappa shape index (κ3) is 4.33. The maximum absolute atomic E-state index is 12.6. The Balaban J connectivity index is 1.61. The molecule has 2 fully saturated rings. The molecule has 2 saturated heterocycles. The number of sulfone groups is 1. The van der Waals surface area contributed by atoms with Crippen LogP contribution in [0.25, 0.3) is 0 Å². The number of aliphatic imine (C=N–C) groups is 1. The molecule has 0 aliphatic carbocycles. The van der Waals surface area contributed by atoms with Gasteiger partial charge in [-0.25, -0.2) is 8.42 Å². The number of aryl methyl sites for hydroxylation is 1. The molecule has 1 amide bonds. The first kappa shape index (κ1) is 20.0. The molecule has 2 aliphatic rings. The van der Waals surface area contributed by atoms with Gasteiger partial charge in [-0.15, -0.1) is 0 Å². The third-order valence-electron chi connectivity index (χ3n) is 5.08. The molecule has 0 radical (unpaired) electrons. The van der Waals surface area contributed by atoms with E-state index < -0.39 is 9.84 Å². The molecule has 8 heteroatoms. The van der Waals surface area contributed by atoms with E-state index in [2.05, 4.69) is 4.99 Å². The lowest BCUT2D eigenvalue weighted by molar-refractivity contribution is -0.117. The fourth-order valence-corrected chi connectivity index (χ4v) is 7.64. The van der Waals surface area contributed by atoms with Crippen LogP contribution in [-0.4, -0.2) is 49.4 Å². The number of anilines is 1. The minimum absolute atomic E-state index is 0.0876. The number of nitrogens with zero attached hydrogens (tertiary/aromatic N) is 2. The maximum Gasteiger partial charge on any atom is 0.252 e. The zero-order valence-corrected chi connectivity index (χ0v) is 17.9. The summed E-state index contributed by atoms with van der Waals surface area (Å²) in [6, 6.07) is 15.0. The van der Waals surface area contributed by atoms with E-state index in [0.717, 1.165) is 22.6 Å². The van der Waals surface area contributed by atoms with Gasteiger partial charge in [0.05, 0.1) is 31.1 Å². The average molecular weight is 431 g/mol. The normalized spacial score (nSPS) is 23.9. The highest BCUT2D eigenvalue weighted by Crippen LogP contribution is 2.41. The minimum Gasteiger partial charge on any atom is -0.497 e. The molecule has 0 spiro atoms. The summed E-state index contributed by atoms with van der Waals surface area (Å²) in [5, 5.41) is 0.479. The first-order valence-corrected chi connectivity index (χ1v) is 12.0. The van der Waals surface area contributed by atoms with Crippen LogP contribution < -0.4 is 9.64 Å². The number of carbonyl (C=O) groups is 1. The van der Waals surface area contributed by atoms with Gasteiger partial charge in [-0.2, -0.15) is 4.99 Å². The molecule has 0 aromatic heterocycles. The van der Waals surface area contributed by atoms with Crippen molar-refractivity contribution in [3.63, 3.8) is 0 Å². The molecule has 0 unspecified atom stereocenters. The van der Waals surface area contributed by atoms with Gasteiger partial charge in [0.2, 0.25) is 0 Å². The molecule has 2 aromatic carbocycles. The van der Waals surface area contributed by atoms with Gasteiger partial charge in [0.25, 0.3) is 5.91 Å². The molecule has 152 valence electrons. The number of carbonyl (C=O) groups excluding carboxylic acids is 1. The van der Waals surface area contributed by atoms with Gasteiger partial charge >= 0.3 is 0 Å². The lowest BCUT2D eigenvalue weighted by atomic mass is 10.1. The van der Waals surface area contributed by atoms with Crippen LogP contribution in [0.1, 0.15) is 11.1 Å². The van der Waals surface area contributed by atoms with Crippen LogP contribution in [0.4, 0.5) is 5.69 Å². The van der Waals surface area contributed by atoms with Crippen LogP contribution in [0.5, 0.6) is 5.75 Å². The van der Waals surface area contributed by atoms with Crippen LogP contribution >= 0.6 is 11.8 Å². The van der Waals surface area contributed by atoms with E-state index in [1.807, 2.05) is 60.4 Å². The lowest BCUT2D eigenvalue weighted by Gasteiger charge is -2.24. The first-order valence-electron chi connectivity index (χ1n) is 9.32. The number of hydrogen-bond acceptors (Lipinski definition) is 5. The fourth-order valence-electron chi connectivity index (χ4n) is 3.71. The zero-order chi connectivity index (χ0) is 20.6. The van der Waals surface area contributed by atoms with Crippen LogP contribution in [0.2, 0.25) is 0 Å². The van der Waals surface area contributed by atoms with Crippen molar-refractivity contribution in [3.8, 4) is 5.75 Å². The van der Waals surface area contributed by atoms with Gasteiger partial charge in [-0.05, 0) is 42.3 Å². The van der Waals surface area contributed by atoms with E-state index in [4.69, 9.17) is 4.74 Å². The quantitative estimate of drug-likeness (QED) is 0.743. The summed E-state index contributed by atoms with van der Waals surface area (Å²) in [5.41, 5.74) is 2.80. The largest absolute Gasteiger partial charge is 0.497 e. The SMILES string of the molecule is COc1ccc(CC(=O)N=C2S[C@H]3CS(=O)(=O)C[C@@H]3N2c2cccc(C)c2)cc1. The van der Waals surface area contributed by atoms with Crippen LogP contribution in [-0.2, 0) is 21.1 Å². The van der Waals surface area contributed by atoms with Gasteiger partial charge in [0.1, 0.15) is 5.75 Å². The topological polar surface area (TPSA) is 76.0 Å². The second-order valence-electron chi connectivity index (χ2n) is 7.32. The predicted molar refractivity (Wildman–Crippen MR) is 117 cm³/mol. The Kier molecular flexibility index (Phi) is 5.40. The van der Waals surface area contributed by atoms with Crippen molar-refractivity contribution < 1.29 is 17.9 Å². The number of fused-ring (bicyclic) bond motifs is 1. The summed E-state index contributed by atoms with van der Waals surface area (Å²) >= 11 is 1.39. The Labute approximate surface area is 174 Å². The molecule has 2 aliphatic heterocycles. The Morgan fingerprint density at radius 2 is 1.97 bits per heavy atom. The molecular weight excluding hydrogens is 408 g/mol. The second kappa shape index (κ2) is 7.84. The summed E-state index contributed by atoms with van der Waals surface area (Å²) in [7, 11) is -1.48. The third-order valence-corrected chi connectivity index (χ3v) is 8.29. The molecule has 6 nitrogen and oxygen atoms in total. The Morgan fingerprint density at radius 1 is 1.21 bits per heavy atom. The number of thioether (sulfide) groups is 1. The maximum atomic E-state index is 12.6. The van der Waals surface area contributed by atoms with Crippen molar-refractivity contribution in [2.24, 2.45) is 4.99 Å². The Hall–Kier alpha value is -2.32. The fraction of sp³-hybridized carbons (Fsp3) is 0.333. The number of amidine groups is 1. The molecular formula is C21H22N2O4S2. The van der Waals surface area contributed by atoms with Crippen molar-refractivity contribution in [1.82, 2.24) is 0 Å². The van der Waals surface area contributed by atoms with Crippen molar-refractivity contribution in [1.29, 1.82) is 0 Å². The average Bonchev–Trinajstić information content (AvgIpc) is 3.12. The van der Waals surface area contributed by atoms with Gasteiger partial charge in [-0.3, -0.25) is 4.79 Å². The second-order valence-corrected chi connectivity index (χ2v) is 10.7. The summed E-state index contributed by atoms with van der Waals surface area (Å²) in [4.78, 5) is 18.9. The molecule has 2 heterocycles. The number of methoxy groups -OCH3 is 1. The summed E-state index contributed by atoms with van der Waals surface area (Å²) < 4.78 is 29.4.